The summed E-state index contributed by atoms with van der Waals surface area (Å²) in [5.74, 6) is -0.822. The first-order valence-electron chi connectivity index (χ1n) is 11.9. The Labute approximate surface area is 209 Å². The Morgan fingerprint density at radius 3 is 2.54 bits per heavy atom. The van der Waals surface area contributed by atoms with Crippen LogP contribution in [-0.2, 0) is 4.74 Å². The number of carbonyl (C=O) groups excluding carboxylic acids is 1. The van der Waals surface area contributed by atoms with Gasteiger partial charge in [0, 0.05) is 49.2 Å². The molecular weight excluding hydrogens is 462 g/mol. The highest BCUT2D eigenvalue weighted by Gasteiger charge is 2.21. The van der Waals surface area contributed by atoms with Crippen molar-refractivity contribution in [2.24, 2.45) is 0 Å². The van der Waals surface area contributed by atoms with Gasteiger partial charge in [-0.1, -0.05) is 42.5 Å². The molecule has 2 heterocycles. The van der Waals surface area contributed by atoms with Crippen molar-refractivity contribution in [2.75, 3.05) is 51.3 Å². The molecule has 7 nitrogen and oxygen atoms in total. The van der Waals surface area contributed by atoms with Gasteiger partial charge in [-0.3, -0.25) is 4.90 Å². The number of nitrogens with one attached hydrogen (secondary N) is 1. The third-order valence-corrected chi connectivity index (χ3v) is 7.20. The van der Waals surface area contributed by atoms with Crippen LogP contribution in [0, 0.1) is 0 Å². The molecule has 184 valence electrons. The molecule has 1 saturated heterocycles. The zero-order chi connectivity index (χ0) is 24.5. The molecule has 1 fully saturated rings. The van der Waals surface area contributed by atoms with Crippen LogP contribution < -0.4 is 5.32 Å². The van der Waals surface area contributed by atoms with Gasteiger partial charge in [0.1, 0.15) is 0 Å². The molecule has 0 saturated carbocycles. The van der Waals surface area contributed by atoms with Gasteiger partial charge < -0.3 is 20.1 Å². The molecule has 0 aliphatic carbocycles. The number of hydrogen-bond donors (Lipinski definition) is 2. The van der Waals surface area contributed by atoms with Crippen molar-refractivity contribution in [3.8, 4) is 0 Å². The van der Waals surface area contributed by atoms with Gasteiger partial charge in [0.15, 0.2) is 0 Å². The fourth-order valence-electron chi connectivity index (χ4n) is 4.27. The maximum Gasteiger partial charge on any atom is 0.335 e. The first kappa shape index (κ1) is 24.9. The molecule has 35 heavy (non-hydrogen) atoms. The van der Waals surface area contributed by atoms with E-state index < -0.39 is 5.97 Å². The van der Waals surface area contributed by atoms with Crippen molar-refractivity contribution in [3.63, 3.8) is 0 Å². The predicted octanol–water partition coefficient (Wildman–Crippen LogP) is 4.83. The maximum atomic E-state index is 13.3. The summed E-state index contributed by atoms with van der Waals surface area (Å²) in [6, 6.07) is 20.7. The van der Waals surface area contributed by atoms with Gasteiger partial charge in [-0.05, 0) is 41.6 Å². The molecule has 0 spiro atoms. The van der Waals surface area contributed by atoms with E-state index in [1.165, 1.54) is 22.6 Å². The number of anilines is 1. The molecule has 0 bridgehead atoms. The molecule has 1 atom stereocenters. The number of ether oxygens (including phenoxy) is 1. The summed E-state index contributed by atoms with van der Waals surface area (Å²) in [5.41, 5.74) is 1.85. The number of thiophene rings is 1. The lowest BCUT2D eigenvalue weighted by Gasteiger charge is -2.31. The van der Waals surface area contributed by atoms with Crippen LogP contribution in [0.3, 0.4) is 0 Å². The van der Waals surface area contributed by atoms with Crippen LogP contribution in [-0.4, -0.2) is 72.8 Å². The molecule has 1 aliphatic rings. The molecule has 2 amide bonds. The molecule has 8 heteroatoms. The highest BCUT2D eigenvalue weighted by atomic mass is 32.1. The van der Waals surface area contributed by atoms with Crippen molar-refractivity contribution in [1.82, 2.24) is 9.80 Å². The molecule has 3 aromatic rings. The minimum Gasteiger partial charge on any atom is -0.478 e. The zero-order valence-electron chi connectivity index (χ0n) is 19.6. The number of nitrogens with zero attached hydrogens (tertiary/aromatic N) is 2. The predicted molar refractivity (Wildman–Crippen MR) is 138 cm³/mol. The Hall–Kier alpha value is -3.20. The Balaban J connectivity index is 1.48. The number of morpholine rings is 1. The zero-order valence-corrected chi connectivity index (χ0v) is 20.5. The van der Waals surface area contributed by atoms with E-state index >= 15 is 0 Å². The minimum atomic E-state index is -1.02. The Bertz CT molecular complexity index is 1080. The van der Waals surface area contributed by atoms with E-state index in [0.29, 0.717) is 32.0 Å². The Morgan fingerprint density at radius 2 is 1.83 bits per heavy atom. The van der Waals surface area contributed by atoms with Crippen LogP contribution in [0.4, 0.5) is 10.5 Å². The van der Waals surface area contributed by atoms with Gasteiger partial charge in [-0.25, -0.2) is 9.59 Å². The van der Waals surface area contributed by atoms with E-state index in [0.717, 1.165) is 26.1 Å². The summed E-state index contributed by atoms with van der Waals surface area (Å²) in [6.07, 6.45) is 0.788. The number of carbonyl (C=O) groups is 2. The van der Waals surface area contributed by atoms with Crippen molar-refractivity contribution < 1.29 is 19.4 Å². The van der Waals surface area contributed by atoms with E-state index in [1.54, 1.807) is 23.5 Å². The summed E-state index contributed by atoms with van der Waals surface area (Å²) >= 11 is 1.73. The molecule has 2 N–H and O–H groups in total. The first-order chi connectivity index (χ1) is 17.1. The molecule has 1 aliphatic heterocycles. The third kappa shape index (κ3) is 7.14. The second kappa shape index (κ2) is 12.5. The average molecular weight is 494 g/mol. The highest BCUT2D eigenvalue weighted by Crippen LogP contribution is 2.31. The molecule has 2 aromatic carbocycles. The van der Waals surface area contributed by atoms with E-state index in [9.17, 15) is 14.7 Å². The topological polar surface area (TPSA) is 82.1 Å². The second-order valence-electron chi connectivity index (χ2n) is 8.52. The number of amides is 2. The molecule has 1 aromatic heterocycles. The van der Waals surface area contributed by atoms with Crippen LogP contribution in [0.2, 0.25) is 0 Å². The van der Waals surface area contributed by atoms with Crippen molar-refractivity contribution >= 4 is 29.0 Å². The lowest BCUT2D eigenvalue weighted by atomic mass is 9.94. The number of urea groups is 1. The minimum absolute atomic E-state index is 0.143. The summed E-state index contributed by atoms with van der Waals surface area (Å²) < 4.78 is 5.45. The number of hydrogen-bond acceptors (Lipinski definition) is 5. The van der Waals surface area contributed by atoms with Crippen molar-refractivity contribution in [2.45, 2.75) is 12.3 Å². The molecule has 0 radical (unpaired) electrons. The van der Waals surface area contributed by atoms with E-state index in [1.807, 2.05) is 23.1 Å². The number of carboxylic acids is 1. The summed E-state index contributed by atoms with van der Waals surface area (Å²) in [5, 5.41) is 14.3. The summed E-state index contributed by atoms with van der Waals surface area (Å²) in [4.78, 5) is 30.1. The van der Waals surface area contributed by atoms with Crippen LogP contribution in [0.25, 0.3) is 0 Å². The fraction of sp³-hybridized carbons (Fsp3) is 0.333. The maximum absolute atomic E-state index is 13.3. The van der Waals surface area contributed by atoms with E-state index in [-0.39, 0.29) is 17.5 Å². The van der Waals surface area contributed by atoms with E-state index in [2.05, 4.69) is 39.9 Å². The van der Waals surface area contributed by atoms with Gasteiger partial charge in [0.25, 0.3) is 0 Å². The monoisotopic (exact) mass is 493 g/mol. The second-order valence-corrected chi connectivity index (χ2v) is 9.50. The number of carboxylic acid groups (broad SMARTS) is 1. The first-order valence-corrected chi connectivity index (χ1v) is 12.8. The largest absolute Gasteiger partial charge is 0.478 e. The van der Waals surface area contributed by atoms with Gasteiger partial charge in [-0.2, -0.15) is 0 Å². The van der Waals surface area contributed by atoms with Crippen LogP contribution in [0.15, 0.2) is 72.1 Å². The summed E-state index contributed by atoms with van der Waals surface area (Å²) in [6.45, 7) is 5.06. The van der Waals surface area contributed by atoms with Crippen LogP contribution in [0.5, 0.6) is 0 Å². The van der Waals surface area contributed by atoms with Gasteiger partial charge >= 0.3 is 12.0 Å². The number of rotatable bonds is 10. The standard InChI is InChI=1S/C27H31N3O4S/c31-26(32)22-8-4-9-23(20-22)28-27(33)30(14-13-29-15-17-34-18-16-29)12-11-24(25-10-5-19-35-25)21-6-2-1-3-7-21/h1-10,19-20,24H,11-18H2,(H,28,33)(H,31,32). The normalized spacial score (nSPS) is 14.9. The Kier molecular flexibility index (Phi) is 8.89. The van der Waals surface area contributed by atoms with E-state index in [4.69, 9.17) is 4.74 Å². The smallest absolute Gasteiger partial charge is 0.335 e. The summed E-state index contributed by atoms with van der Waals surface area (Å²) in [7, 11) is 0. The average Bonchev–Trinajstić information content (AvgIpc) is 3.42. The quantitative estimate of drug-likeness (QED) is 0.423. The fourth-order valence-corrected chi connectivity index (χ4v) is 5.16. The lowest BCUT2D eigenvalue weighted by molar-refractivity contribution is 0.0351. The van der Waals surface area contributed by atoms with Gasteiger partial charge in [0.2, 0.25) is 0 Å². The highest BCUT2D eigenvalue weighted by molar-refractivity contribution is 7.10. The van der Waals surface area contributed by atoms with Crippen molar-refractivity contribution in [3.05, 3.63) is 88.1 Å². The molecule has 1 unspecified atom stereocenters. The number of benzene rings is 2. The van der Waals surface area contributed by atoms with Crippen molar-refractivity contribution in [1.29, 1.82) is 0 Å². The number of aromatic carboxylic acids is 1. The third-order valence-electron chi connectivity index (χ3n) is 6.21. The lowest BCUT2D eigenvalue weighted by Crippen LogP contribution is -2.44. The van der Waals surface area contributed by atoms with Crippen LogP contribution in [0.1, 0.15) is 33.1 Å². The van der Waals surface area contributed by atoms with Gasteiger partial charge in [-0.15, -0.1) is 11.3 Å². The van der Waals surface area contributed by atoms with Crippen LogP contribution >= 0.6 is 11.3 Å². The molecular formula is C27H31N3O4S. The SMILES string of the molecule is O=C(O)c1cccc(NC(=O)N(CCC(c2ccccc2)c2cccs2)CCN2CCOCC2)c1. The van der Waals surface area contributed by atoms with Gasteiger partial charge in [0.05, 0.1) is 18.8 Å². The Morgan fingerprint density at radius 1 is 1.03 bits per heavy atom. The molecule has 4 rings (SSSR count).